The highest BCUT2D eigenvalue weighted by atomic mass is 79.9. The maximum absolute atomic E-state index is 13.5. The van der Waals surface area contributed by atoms with E-state index in [2.05, 4.69) is 149 Å². The third kappa shape index (κ3) is 28.6. The first-order valence-electron chi connectivity index (χ1n) is 32.9. The molecule has 0 spiro atoms. The Morgan fingerprint density at radius 2 is 0.667 bits per heavy atom. The van der Waals surface area contributed by atoms with Gasteiger partial charge in [-0.3, -0.25) is 40.9 Å². The molecular formula is C70H62Br4N16O19S8-4. The van der Waals surface area contributed by atoms with Crippen molar-refractivity contribution in [2.24, 2.45) is 10.2 Å². The number of amides is 4. The molecule has 0 aliphatic heterocycles. The number of phenolic OH excluding ortho intramolecular Hbond substituents is 2. The second kappa shape index (κ2) is 41.9. The van der Waals surface area contributed by atoms with E-state index in [1.807, 2.05) is 13.8 Å². The van der Waals surface area contributed by atoms with Crippen LogP contribution in [0.4, 0.5) is 34.1 Å². The average Bonchev–Trinajstić information content (AvgIpc) is 0.804. The van der Waals surface area contributed by atoms with Gasteiger partial charge in [-0.15, -0.1) is 0 Å². The number of anilines is 6. The third-order valence-electron chi connectivity index (χ3n) is 15.3. The largest absolute Gasteiger partial charge is 0.744 e. The molecule has 0 aromatic heterocycles. The van der Waals surface area contributed by atoms with E-state index in [1.165, 1.54) is 85.2 Å². The summed E-state index contributed by atoms with van der Waals surface area (Å²) in [4.78, 5) is 50.6. The molecule has 616 valence electrons. The summed E-state index contributed by atoms with van der Waals surface area (Å²) < 4.78 is 158. The van der Waals surface area contributed by atoms with E-state index in [-0.39, 0.29) is 103 Å². The van der Waals surface area contributed by atoms with Crippen molar-refractivity contribution in [3.05, 3.63) is 208 Å². The van der Waals surface area contributed by atoms with Gasteiger partial charge in [0, 0.05) is 47.2 Å². The quantitative estimate of drug-likeness (QED) is 0.00386. The van der Waals surface area contributed by atoms with Crippen LogP contribution in [0.1, 0.15) is 44.5 Å². The first-order chi connectivity index (χ1) is 55.1. The molecule has 8 rings (SSSR count). The smallest absolute Gasteiger partial charge is 0.272 e. The van der Waals surface area contributed by atoms with Gasteiger partial charge < -0.3 is 75.7 Å². The lowest BCUT2D eigenvalue weighted by atomic mass is 10.1. The van der Waals surface area contributed by atoms with Gasteiger partial charge in [0.15, 0.2) is 32.5 Å². The summed E-state index contributed by atoms with van der Waals surface area (Å²) in [6.07, 6.45) is 6.84. The fraction of sp³-hybridized carbons (Fsp3) is 0.114. The molecule has 16 N–H and O–H groups in total. The number of nitrogens with one attached hydrogen (secondary N) is 14. The molecule has 8 aromatic rings. The summed E-state index contributed by atoms with van der Waals surface area (Å²) in [6, 6.07) is 30.0. The molecule has 2 unspecified atom stereocenters. The highest BCUT2D eigenvalue weighted by Crippen LogP contribution is 2.35. The molecule has 117 heavy (non-hydrogen) atoms. The zero-order chi connectivity index (χ0) is 85.7. The van der Waals surface area contributed by atoms with Crippen molar-refractivity contribution >= 4 is 268 Å². The number of aromatic hydroxyl groups is 2. The molecule has 47 heteroatoms. The van der Waals surface area contributed by atoms with Gasteiger partial charge in [0.05, 0.1) is 63.1 Å². The number of hydrazone groups is 2. The van der Waals surface area contributed by atoms with Crippen LogP contribution in [0.3, 0.4) is 0 Å². The maximum Gasteiger partial charge on any atom is 0.272 e. The molecule has 0 bridgehead atoms. The zero-order valence-corrected chi connectivity index (χ0v) is 72.7. The van der Waals surface area contributed by atoms with Crippen molar-refractivity contribution in [3.63, 3.8) is 0 Å². The number of hydrogen-bond acceptors (Lipinski definition) is 27. The molecule has 0 aliphatic rings. The van der Waals surface area contributed by atoms with Crippen molar-refractivity contribution in [1.29, 1.82) is 0 Å². The number of halogens is 4. The minimum absolute atomic E-state index is 0.0345. The van der Waals surface area contributed by atoms with Crippen LogP contribution >= 0.6 is 113 Å². The molecule has 4 amide bonds. The summed E-state index contributed by atoms with van der Waals surface area (Å²) in [7, 11) is -21.0. The van der Waals surface area contributed by atoms with E-state index in [1.54, 1.807) is 48.5 Å². The highest BCUT2D eigenvalue weighted by Gasteiger charge is 2.29. The number of aryl methyl sites for hydroxylation is 2. The first kappa shape index (κ1) is 92.5. The van der Waals surface area contributed by atoms with Gasteiger partial charge >= 0.3 is 0 Å². The van der Waals surface area contributed by atoms with Crippen LogP contribution < -0.4 is 75.1 Å². The predicted octanol–water partition coefficient (Wildman–Crippen LogP) is 7.91. The van der Waals surface area contributed by atoms with Crippen molar-refractivity contribution in [3.8, 4) is 11.5 Å². The minimum Gasteiger partial charge on any atom is -0.744 e. The van der Waals surface area contributed by atoms with Crippen LogP contribution in [0, 0.1) is 13.8 Å². The predicted molar refractivity (Wildman–Crippen MR) is 465 cm³/mol. The van der Waals surface area contributed by atoms with E-state index in [9.17, 15) is 81.3 Å². The lowest BCUT2D eigenvalue weighted by Gasteiger charge is -2.19. The second-order valence-electron chi connectivity index (χ2n) is 24.0. The lowest BCUT2D eigenvalue weighted by Crippen LogP contribution is -2.54. The molecule has 0 radical (unpaired) electrons. The molecule has 35 nitrogen and oxygen atoms in total. The van der Waals surface area contributed by atoms with Crippen LogP contribution in [0.5, 0.6) is 11.5 Å². The van der Waals surface area contributed by atoms with Gasteiger partial charge in [0.1, 0.15) is 52.0 Å². The van der Waals surface area contributed by atoms with E-state index < -0.39 is 95.8 Å². The van der Waals surface area contributed by atoms with Crippen molar-refractivity contribution in [2.75, 3.05) is 58.2 Å². The van der Waals surface area contributed by atoms with Gasteiger partial charge in [-0.05, 0) is 257 Å². The molecule has 0 saturated carbocycles. The van der Waals surface area contributed by atoms with Crippen LogP contribution in [0.2, 0.25) is 0 Å². The van der Waals surface area contributed by atoms with Crippen LogP contribution in [0.15, 0.2) is 193 Å². The Balaban J connectivity index is 0.789. The first-order valence-corrected chi connectivity index (χ1v) is 43.4. The van der Waals surface area contributed by atoms with Gasteiger partial charge in [-0.1, -0.05) is 84.0 Å². The summed E-state index contributed by atoms with van der Waals surface area (Å²) in [6.45, 7) is 3.92. The van der Waals surface area contributed by atoms with Crippen LogP contribution in [-0.2, 0) is 64.4 Å². The number of hydrazine groups is 2. The molecule has 0 saturated heterocycles. The Bertz CT molecular complexity index is 5410. The third-order valence-corrected chi connectivity index (χ3v) is 22.2. The Morgan fingerprint density at radius 3 is 0.940 bits per heavy atom. The van der Waals surface area contributed by atoms with Crippen molar-refractivity contribution in [1.82, 2.24) is 43.2 Å². The topological polar surface area (TPSA) is 540 Å². The van der Waals surface area contributed by atoms with Gasteiger partial charge in [0.2, 0.25) is 0 Å². The number of rotatable bonds is 30. The Hall–Kier alpha value is -10.1. The maximum atomic E-state index is 13.5. The fourth-order valence-corrected chi connectivity index (χ4v) is 15.8. The summed E-state index contributed by atoms with van der Waals surface area (Å²) in [5.41, 5.74) is 16.3. The Labute approximate surface area is 724 Å². The molecule has 0 heterocycles. The van der Waals surface area contributed by atoms with E-state index in [0.29, 0.717) is 40.4 Å². The number of hydrogen-bond donors (Lipinski definition) is 16. The van der Waals surface area contributed by atoms with E-state index in [0.717, 1.165) is 59.7 Å². The standard InChI is InChI=1S/C70H66Br4N16O19S8/c1-37-3-15-45(16-4-37)79-59(63(93)85-77-35-39-27-51(71)61(91)52(72)28-39)65(95)87-89-69(112)83-49-21-13-43(57(33-49)116(103,104)105)9-7-41-11-19-47(31-55(41)114(97,98)99)81-67(110)75-23-25-109-26-24-76-68(111)82-48-20-12-42(56(32-48)115(100,101)102)8-10-44-14-22-50(34-58(44)117(106,107)108)84-70(113)90-88-66(96)60(80-46-17-5-38(2)6-18-46)64(94)86-78-36-40-29-53(73)62(92)54(74)30-40/h3-22,27-36,59-60,79-80,91-92H,23-26H2,1-2H3,(H,85,93)(H,86,94)(H,87,95)(H,88,96)(H2,75,81,110)(H2,76,82,111)(H2,83,89,112)(H2,84,90,113)(H,97,98,99)(H,100,101,102)(H,103,104,105)(H,106,107,108)/p-4/b9-7+,10-8+,77-35-,78-36-. The lowest BCUT2D eigenvalue weighted by molar-refractivity contribution is -0.132. The number of thiocarbonyl (C=S) groups is 4. The van der Waals surface area contributed by atoms with Gasteiger partial charge in [-0.25, -0.2) is 44.5 Å². The van der Waals surface area contributed by atoms with Crippen molar-refractivity contribution in [2.45, 2.75) is 45.5 Å². The Kier molecular flexibility index (Phi) is 33.1. The fourth-order valence-electron chi connectivity index (χ4n) is 9.78. The average molecular weight is 2010 g/mol. The molecular weight excluding hydrogens is 1950 g/mol. The van der Waals surface area contributed by atoms with E-state index >= 15 is 0 Å². The number of carbonyl (C=O) groups is 4. The number of ether oxygens (including phenoxy) is 1. The summed E-state index contributed by atoms with van der Waals surface area (Å²) >= 11 is 34.1. The summed E-state index contributed by atoms with van der Waals surface area (Å²) in [5, 5.41) is 49.1. The van der Waals surface area contributed by atoms with Crippen LogP contribution in [-0.4, -0.2) is 157 Å². The molecule has 0 fully saturated rings. The van der Waals surface area contributed by atoms with Gasteiger partial charge in [0.25, 0.3) is 23.6 Å². The number of phenols is 2. The van der Waals surface area contributed by atoms with Crippen LogP contribution in [0.25, 0.3) is 24.3 Å². The molecule has 8 aromatic carbocycles. The molecule has 0 aliphatic carbocycles. The molecule has 2 atom stereocenters. The van der Waals surface area contributed by atoms with E-state index in [4.69, 9.17) is 53.6 Å². The second-order valence-corrected chi connectivity index (χ2v) is 34.5. The number of carbonyl (C=O) groups excluding carboxylic acids is 4. The minimum atomic E-state index is -5.27. The highest BCUT2D eigenvalue weighted by molar-refractivity contribution is 9.11. The zero-order valence-electron chi connectivity index (χ0n) is 59.8. The van der Waals surface area contributed by atoms with Gasteiger partial charge in [-0.2, -0.15) is 10.2 Å². The monoisotopic (exact) mass is 2000 g/mol. The number of nitrogens with zero attached hydrogens (tertiary/aromatic N) is 2. The number of benzene rings is 8. The Morgan fingerprint density at radius 1 is 0.402 bits per heavy atom. The SMILES string of the molecule is Cc1ccc(NC(C(=O)N/N=C\c2cc(Br)c(O)c(Br)c2)C(=O)NNC(=S)Nc2ccc(/C=C/c3ccc(NC(=S)NCCOCCNC(=S)Nc4ccc(/C=C/c5ccc(NC(=S)NNC(=O)C(Nc6ccc(C)cc6)C(=O)N/N=C\c6cc(Br)c(O)c(Br)c6)cc5S(=O)(=O)[O-])c(S(=O)(=O)[O-])c4)cc3S(=O)(=O)[O-])c(S(=O)(=O)[O-])c2)cc1. The normalized spacial score (nSPS) is 12.3. The summed E-state index contributed by atoms with van der Waals surface area (Å²) in [5.74, 6) is -3.91. The van der Waals surface area contributed by atoms with Crippen molar-refractivity contribution < 1.29 is 86.0 Å².